The quantitative estimate of drug-likeness (QED) is 0.195. The van der Waals surface area contributed by atoms with E-state index >= 15 is 0 Å². The number of primary amides is 1. The molecule has 4 rings (SSSR count). The van der Waals surface area contributed by atoms with Crippen molar-refractivity contribution in [1.29, 1.82) is 0 Å². The van der Waals surface area contributed by atoms with Crippen molar-refractivity contribution in [2.24, 2.45) is 17.6 Å². The minimum absolute atomic E-state index is 0.00324. The van der Waals surface area contributed by atoms with Gasteiger partial charge in [0.05, 0.1) is 23.8 Å². The van der Waals surface area contributed by atoms with Crippen LogP contribution in [0.5, 0.6) is 5.75 Å². The Morgan fingerprint density at radius 2 is 1.73 bits per heavy atom. The minimum Gasteiger partial charge on any atom is -0.508 e. The lowest BCUT2D eigenvalue weighted by atomic mass is 9.57. The number of ketones is 2. The van der Waals surface area contributed by atoms with Crippen LogP contribution in [0.2, 0.25) is 0 Å². The molecule has 4 atom stereocenters. The topological polar surface area (TPSA) is 197 Å². The number of carbonyl (C=O) groups excluding carboxylic acids is 4. The molecule has 0 saturated heterocycles. The summed E-state index contributed by atoms with van der Waals surface area (Å²) in [5, 5.41) is 48.3. The highest BCUT2D eigenvalue weighted by Gasteiger charge is 2.64. The van der Waals surface area contributed by atoms with Crippen LogP contribution in [0.25, 0.3) is 5.76 Å². The molecule has 0 bridgehead atoms. The van der Waals surface area contributed by atoms with E-state index in [2.05, 4.69) is 5.32 Å². The summed E-state index contributed by atoms with van der Waals surface area (Å²) < 4.78 is 0. The van der Waals surface area contributed by atoms with Gasteiger partial charge >= 0.3 is 0 Å². The molecule has 1 aromatic rings. The molecule has 1 aromatic carbocycles. The third-order valence-corrected chi connectivity index (χ3v) is 8.11. The highest BCUT2D eigenvalue weighted by atomic mass is 16.3. The van der Waals surface area contributed by atoms with Gasteiger partial charge in [0.2, 0.25) is 11.7 Å². The predicted molar refractivity (Wildman–Crippen MR) is 146 cm³/mol. The fourth-order valence-electron chi connectivity index (χ4n) is 6.15. The lowest BCUT2D eigenvalue weighted by molar-refractivity contribution is -0.153. The monoisotopic (exact) mass is 557 g/mol. The van der Waals surface area contributed by atoms with Gasteiger partial charge in [0.25, 0.3) is 5.91 Å². The Kier molecular flexibility index (Phi) is 7.10. The molecule has 216 valence electrons. The number of nitrogens with one attached hydrogen (secondary N) is 1. The molecule has 0 unspecified atom stereocenters. The zero-order valence-corrected chi connectivity index (χ0v) is 23.3. The van der Waals surface area contributed by atoms with Crippen molar-refractivity contribution in [1.82, 2.24) is 9.80 Å². The molecule has 0 heterocycles. The summed E-state index contributed by atoms with van der Waals surface area (Å²) in [6, 6.07) is 0.483. The first-order valence-corrected chi connectivity index (χ1v) is 12.7. The molecule has 0 aromatic heterocycles. The molecule has 2 amide bonds. The summed E-state index contributed by atoms with van der Waals surface area (Å²) in [4.78, 5) is 56.1. The number of hydrogen-bond acceptors (Lipinski definition) is 11. The van der Waals surface area contributed by atoms with Crippen molar-refractivity contribution in [3.8, 4) is 5.75 Å². The second kappa shape index (κ2) is 9.82. The lowest BCUT2D eigenvalue weighted by Crippen LogP contribution is -2.65. The number of nitrogens with zero attached hydrogens (tertiary/aromatic N) is 3. The Bertz CT molecular complexity index is 1400. The van der Waals surface area contributed by atoms with Crippen molar-refractivity contribution in [3.05, 3.63) is 34.1 Å². The number of carbonyl (C=O) groups is 4. The number of aromatic hydroxyl groups is 1. The number of hydrogen-bond donors (Lipinski definition) is 6. The molecule has 40 heavy (non-hydrogen) atoms. The maximum Gasteiger partial charge on any atom is 0.255 e. The molecule has 7 N–H and O–H groups in total. The van der Waals surface area contributed by atoms with Gasteiger partial charge in [0.1, 0.15) is 22.8 Å². The van der Waals surface area contributed by atoms with Gasteiger partial charge in [-0.25, -0.2) is 0 Å². The molecule has 0 aliphatic heterocycles. The van der Waals surface area contributed by atoms with Crippen molar-refractivity contribution in [2.45, 2.75) is 24.5 Å². The second-order valence-corrected chi connectivity index (χ2v) is 11.1. The fraction of sp³-hybridized carbons (Fsp3) is 0.481. The maximum atomic E-state index is 14.0. The van der Waals surface area contributed by atoms with E-state index in [4.69, 9.17) is 5.73 Å². The molecule has 3 aliphatic rings. The van der Waals surface area contributed by atoms with Crippen molar-refractivity contribution in [2.75, 3.05) is 59.0 Å². The van der Waals surface area contributed by atoms with E-state index in [1.165, 1.54) is 9.80 Å². The number of Topliss-reactive ketones (excluding diaryl/α,β-unsaturated/α-hetero) is 2. The average Bonchev–Trinajstić information content (AvgIpc) is 2.84. The third kappa shape index (κ3) is 4.07. The van der Waals surface area contributed by atoms with Gasteiger partial charge in [-0.15, -0.1) is 0 Å². The van der Waals surface area contributed by atoms with E-state index in [9.17, 15) is 39.6 Å². The average molecular weight is 558 g/mol. The second-order valence-electron chi connectivity index (χ2n) is 11.1. The molecule has 3 aliphatic carbocycles. The van der Waals surface area contributed by atoms with Crippen molar-refractivity contribution in [3.63, 3.8) is 0 Å². The summed E-state index contributed by atoms with van der Waals surface area (Å²) in [6.07, 6.45) is 0.156. The molecule has 1 saturated carbocycles. The van der Waals surface area contributed by atoms with Gasteiger partial charge in [0.15, 0.2) is 11.4 Å². The van der Waals surface area contributed by atoms with Crippen molar-refractivity contribution >= 4 is 40.5 Å². The van der Waals surface area contributed by atoms with Gasteiger partial charge in [-0.1, -0.05) is 0 Å². The fourth-order valence-corrected chi connectivity index (χ4v) is 6.15. The number of rotatable bonds is 6. The number of amides is 2. The van der Waals surface area contributed by atoms with E-state index in [-0.39, 0.29) is 42.1 Å². The number of likely N-dealkylation sites (N-methyl/N-ethyl adjacent to an activating group) is 2. The Morgan fingerprint density at radius 1 is 1.10 bits per heavy atom. The van der Waals surface area contributed by atoms with Crippen LogP contribution in [-0.2, 0) is 25.6 Å². The smallest absolute Gasteiger partial charge is 0.255 e. The number of aliphatic hydroxyl groups excluding tert-OH is 2. The van der Waals surface area contributed by atoms with Crippen LogP contribution in [0.1, 0.15) is 17.5 Å². The van der Waals surface area contributed by atoms with Crippen LogP contribution in [0.4, 0.5) is 11.4 Å². The zero-order valence-electron chi connectivity index (χ0n) is 23.3. The molecule has 0 spiro atoms. The van der Waals surface area contributed by atoms with E-state index < -0.39 is 63.8 Å². The summed E-state index contributed by atoms with van der Waals surface area (Å²) in [5.41, 5.74) is 2.76. The first-order valence-electron chi connectivity index (χ1n) is 12.7. The van der Waals surface area contributed by atoms with Gasteiger partial charge in [-0.3, -0.25) is 24.1 Å². The summed E-state index contributed by atoms with van der Waals surface area (Å²) in [7, 11) is 9.78. The van der Waals surface area contributed by atoms with Crippen LogP contribution >= 0.6 is 0 Å². The summed E-state index contributed by atoms with van der Waals surface area (Å²) in [5.74, 6) is -7.42. The van der Waals surface area contributed by atoms with Gasteiger partial charge in [0, 0.05) is 45.4 Å². The SMILES string of the molecule is CN(C)C(=O)CNc1cc(N(C)C)c2c(c1O)C(O)=C1C(=O)[C@@]3(O)C(O)=C(C(N)=O)C(=O)[C@@H](N(C)C)[C@H]3C[C@H]1C2. The molecule has 13 heteroatoms. The van der Waals surface area contributed by atoms with Gasteiger partial charge in [-0.2, -0.15) is 0 Å². The van der Waals surface area contributed by atoms with Crippen LogP contribution in [-0.4, -0.2) is 114 Å². The maximum absolute atomic E-state index is 14.0. The van der Waals surface area contributed by atoms with Crippen LogP contribution in [0.15, 0.2) is 23.0 Å². The normalized spacial score (nSPS) is 25.9. The largest absolute Gasteiger partial charge is 0.508 e. The predicted octanol–water partition coefficient (Wildman–Crippen LogP) is -0.470. The molecule has 0 radical (unpaired) electrons. The Morgan fingerprint density at radius 3 is 2.25 bits per heavy atom. The van der Waals surface area contributed by atoms with E-state index in [1.54, 1.807) is 53.3 Å². The van der Waals surface area contributed by atoms with E-state index in [1.807, 2.05) is 0 Å². The highest BCUT2D eigenvalue weighted by Crippen LogP contribution is 2.54. The number of phenols is 1. The summed E-state index contributed by atoms with van der Waals surface area (Å²) in [6.45, 7) is -0.152. The highest BCUT2D eigenvalue weighted by molar-refractivity contribution is 6.24. The summed E-state index contributed by atoms with van der Waals surface area (Å²) >= 11 is 0. The standard InChI is InChI=1S/C27H35N5O8/c1-30(2)15-9-14(29-10-16(33)31(3)4)21(34)18-12(15)7-11-8-13-20(32(5)6)23(36)19(26(28)39)25(38)27(13,40)24(37)17(11)22(18)35/h9,11,13,20,29,34-35,38,40H,7-8,10H2,1-6H3,(H2,28,39)/t11-,13-,20+,27-/m1/s1. The number of anilines is 2. The van der Waals surface area contributed by atoms with Gasteiger partial charge < -0.3 is 41.3 Å². The zero-order chi connectivity index (χ0) is 30.0. The first-order chi connectivity index (χ1) is 18.5. The Balaban J connectivity index is 1.93. The molecular weight excluding hydrogens is 522 g/mol. The first kappa shape index (κ1) is 28.9. The molecule has 1 fully saturated rings. The number of aliphatic hydroxyl groups is 3. The van der Waals surface area contributed by atoms with E-state index in [0.717, 1.165) is 0 Å². The van der Waals surface area contributed by atoms with Gasteiger partial charge in [-0.05, 0) is 44.5 Å². The number of benzene rings is 1. The Hall–Kier alpha value is -4.10. The Labute approximate surface area is 231 Å². The van der Waals surface area contributed by atoms with Crippen molar-refractivity contribution < 1.29 is 39.6 Å². The molecule has 13 nitrogen and oxygen atoms in total. The molecular formula is C27H35N5O8. The number of fused-ring (bicyclic) bond motifs is 3. The number of nitrogens with two attached hydrogens (primary N) is 1. The van der Waals surface area contributed by atoms with E-state index in [0.29, 0.717) is 11.3 Å². The van der Waals surface area contributed by atoms with Crippen LogP contribution < -0.4 is 16.0 Å². The number of phenolic OH excluding ortho intramolecular Hbond substituents is 1. The minimum atomic E-state index is -2.71. The third-order valence-electron chi connectivity index (χ3n) is 8.11. The lowest BCUT2D eigenvalue weighted by Gasteiger charge is -2.50. The van der Waals surface area contributed by atoms with Crippen LogP contribution in [0.3, 0.4) is 0 Å². The van der Waals surface area contributed by atoms with Crippen LogP contribution in [0, 0.1) is 11.8 Å².